The van der Waals surface area contributed by atoms with Crippen LogP contribution in [0.1, 0.15) is 31.2 Å². The maximum Gasteiger partial charge on any atom is 0.259 e. The fourth-order valence-corrected chi connectivity index (χ4v) is 3.30. The van der Waals surface area contributed by atoms with E-state index >= 15 is 0 Å². The summed E-state index contributed by atoms with van der Waals surface area (Å²) in [4.78, 5) is 8.86. The van der Waals surface area contributed by atoms with Crippen LogP contribution in [0.15, 0.2) is 53.2 Å². The van der Waals surface area contributed by atoms with E-state index < -0.39 is 0 Å². The zero-order chi connectivity index (χ0) is 18.5. The fraction of sp³-hybridized carbons (Fsp3) is 0.381. The lowest BCUT2D eigenvalue weighted by molar-refractivity contribution is 0.125. The van der Waals surface area contributed by atoms with E-state index in [1.165, 1.54) is 12.8 Å². The monoisotopic (exact) mass is 364 g/mol. The van der Waals surface area contributed by atoms with Gasteiger partial charge in [0, 0.05) is 30.6 Å². The predicted octanol–water partition coefficient (Wildman–Crippen LogP) is 3.49. The van der Waals surface area contributed by atoms with Crippen molar-refractivity contribution in [3.63, 3.8) is 0 Å². The van der Waals surface area contributed by atoms with Crippen molar-refractivity contribution in [2.24, 2.45) is 5.41 Å². The Morgan fingerprint density at radius 3 is 2.81 bits per heavy atom. The molecule has 1 atom stereocenters. The first-order valence-corrected chi connectivity index (χ1v) is 9.37. The summed E-state index contributed by atoms with van der Waals surface area (Å²) in [5.74, 6) is 1.76. The molecule has 0 saturated carbocycles. The van der Waals surface area contributed by atoms with Crippen LogP contribution in [0.4, 0.5) is 0 Å². The van der Waals surface area contributed by atoms with E-state index in [-0.39, 0.29) is 5.41 Å². The Morgan fingerprint density at radius 1 is 1.19 bits per heavy atom. The molecule has 2 aromatic heterocycles. The molecule has 0 radical (unpaired) electrons. The normalized spacial score (nSPS) is 19.7. The summed E-state index contributed by atoms with van der Waals surface area (Å²) in [5.41, 5.74) is 2.11. The first-order valence-electron chi connectivity index (χ1n) is 9.37. The van der Waals surface area contributed by atoms with Crippen molar-refractivity contribution in [1.82, 2.24) is 20.4 Å². The van der Waals surface area contributed by atoms with Gasteiger partial charge in [0.2, 0.25) is 5.88 Å². The zero-order valence-electron chi connectivity index (χ0n) is 15.5. The minimum atomic E-state index is 0.164. The number of rotatable bonds is 6. The number of piperidine rings is 1. The molecule has 6 nitrogen and oxygen atoms in total. The van der Waals surface area contributed by atoms with Crippen LogP contribution in [0.3, 0.4) is 0 Å². The lowest BCUT2D eigenvalue weighted by atomic mass is 9.84. The molecule has 3 aromatic rings. The Balaban J connectivity index is 1.37. The Morgan fingerprint density at radius 2 is 2.07 bits per heavy atom. The molecule has 0 aliphatic carbocycles. The van der Waals surface area contributed by atoms with Gasteiger partial charge in [-0.15, -0.1) is 0 Å². The van der Waals surface area contributed by atoms with Crippen molar-refractivity contribution in [2.75, 3.05) is 19.7 Å². The number of ether oxygens (including phenoxy) is 1. The number of aromatic nitrogens is 3. The molecular weight excluding hydrogens is 340 g/mol. The van der Waals surface area contributed by atoms with E-state index in [1.54, 1.807) is 6.20 Å². The summed E-state index contributed by atoms with van der Waals surface area (Å²) in [6.07, 6.45) is 4.72. The van der Waals surface area contributed by atoms with E-state index in [2.05, 4.69) is 27.4 Å². The lowest BCUT2D eigenvalue weighted by Gasteiger charge is -2.33. The van der Waals surface area contributed by atoms with E-state index in [1.807, 2.05) is 42.5 Å². The summed E-state index contributed by atoms with van der Waals surface area (Å²) in [6, 6.07) is 13.9. The third kappa shape index (κ3) is 4.52. The van der Waals surface area contributed by atoms with Crippen LogP contribution in [-0.4, -0.2) is 34.8 Å². The SMILES string of the molecule is CC1(COc2ccc(-c3nc(Cc4ccccc4)no3)cn2)CCCNC1. The summed E-state index contributed by atoms with van der Waals surface area (Å²) < 4.78 is 11.3. The Kier molecular flexibility index (Phi) is 5.16. The zero-order valence-corrected chi connectivity index (χ0v) is 15.5. The topological polar surface area (TPSA) is 73.1 Å². The second kappa shape index (κ2) is 7.88. The Hall–Kier alpha value is -2.73. The second-order valence-electron chi connectivity index (χ2n) is 7.44. The molecule has 3 heterocycles. The van der Waals surface area contributed by atoms with E-state index in [0.29, 0.717) is 30.6 Å². The van der Waals surface area contributed by atoms with Crippen LogP contribution < -0.4 is 10.1 Å². The van der Waals surface area contributed by atoms with Crippen molar-refractivity contribution < 1.29 is 9.26 Å². The van der Waals surface area contributed by atoms with E-state index in [4.69, 9.17) is 9.26 Å². The molecule has 1 N–H and O–H groups in total. The van der Waals surface area contributed by atoms with Crippen molar-refractivity contribution in [3.8, 4) is 17.3 Å². The minimum Gasteiger partial charge on any atom is -0.477 e. The molecule has 1 unspecified atom stereocenters. The van der Waals surface area contributed by atoms with Crippen molar-refractivity contribution >= 4 is 0 Å². The predicted molar refractivity (Wildman–Crippen MR) is 102 cm³/mol. The largest absolute Gasteiger partial charge is 0.477 e. The first kappa shape index (κ1) is 17.7. The van der Waals surface area contributed by atoms with Gasteiger partial charge in [0.25, 0.3) is 5.89 Å². The minimum absolute atomic E-state index is 0.164. The first-order chi connectivity index (χ1) is 13.2. The third-order valence-electron chi connectivity index (χ3n) is 4.91. The molecule has 1 aromatic carbocycles. The van der Waals surface area contributed by atoms with Crippen LogP contribution in [0.5, 0.6) is 5.88 Å². The standard InChI is InChI=1S/C21H24N4O2/c1-21(10-5-11-22-14-21)15-26-19-9-8-17(13-23-19)20-24-18(25-27-20)12-16-6-3-2-4-7-16/h2-4,6-9,13,22H,5,10-12,14-15H2,1H3. The highest BCUT2D eigenvalue weighted by atomic mass is 16.5. The molecule has 140 valence electrons. The van der Waals surface area contributed by atoms with Gasteiger partial charge in [-0.3, -0.25) is 0 Å². The number of benzene rings is 1. The molecule has 0 amide bonds. The van der Waals surface area contributed by atoms with Gasteiger partial charge in [0.15, 0.2) is 5.82 Å². The highest BCUT2D eigenvalue weighted by molar-refractivity contribution is 5.51. The van der Waals surface area contributed by atoms with E-state index in [9.17, 15) is 0 Å². The van der Waals surface area contributed by atoms with Crippen molar-refractivity contribution in [3.05, 3.63) is 60.0 Å². The lowest BCUT2D eigenvalue weighted by Crippen LogP contribution is -2.41. The maximum atomic E-state index is 5.91. The average Bonchev–Trinajstić information content (AvgIpc) is 3.17. The van der Waals surface area contributed by atoms with Gasteiger partial charge in [-0.1, -0.05) is 42.4 Å². The fourth-order valence-electron chi connectivity index (χ4n) is 3.30. The summed E-state index contributed by atoms with van der Waals surface area (Å²) in [7, 11) is 0. The summed E-state index contributed by atoms with van der Waals surface area (Å²) in [6.45, 7) is 4.99. The van der Waals surface area contributed by atoms with Crippen molar-refractivity contribution in [1.29, 1.82) is 0 Å². The molecule has 6 heteroatoms. The van der Waals surface area contributed by atoms with Gasteiger partial charge in [-0.05, 0) is 31.0 Å². The highest BCUT2D eigenvalue weighted by Crippen LogP contribution is 2.26. The second-order valence-corrected chi connectivity index (χ2v) is 7.44. The summed E-state index contributed by atoms with van der Waals surface area (Å²) in [5, 5.41) is 7.50. The number of hydrogen-bond donors (Lipinski definition) is 1. The van der Waals surface area contributed by atoms with Crippen LogP contribution in [0.2, 0.25) is 0 Å². The molecule has 1 aliphatic rings. The van der Waals surface area contributed by atoms with Gasteiger partial charge in [-0.2, -0.15) is 4.98 Å². The van der Waals surface area contributed by atoms with E-state index in [0.717, 1.165) is 24.2 Å². The number of hydrogen-bond acceptors (Lipinski definition) is 6. The van der Waals surface area contributed by atoms with Crippen LogP contribution in [0, 0.1) is 5.41 Å². The smallest absolute Gasteiger partial charge is 0.259 e. The number of pyridine rings is 1. The maximum absolute atomic E-state index is 5.91. The molecule has 0 bridgehead atoms. The molecule has 1 saturated heterocycles. The van der Waals surface area contributed by atoms with Gasteiger partial charge in [0.1, 0.15) is 0 Å². The van der Waals surface area contributed by atoms with Gasteiger partial charge >= 0.3 is 0 Å². The Bertz CT molecular complexity index is 855. The van der Waals surface area contributed by atoms with Crippen LogP contribution in [0.25, 0.3) is 11.5 Å². The van der Waals surface area contributed by atoms with Gasteiger partial charge in [-0.25, -0.2) is 4.98 Å². The average molecular weight is 364 g/mol. The molecular formula is C21H24N4O2. The molecule has 1 fully saturated rings. The third-order valence-corrected chi connectivity index (χ3v) is 4.91. The molecule has 0 spiro atoms. The van der Waals surface area contributed by atoms with Gasteiger partial charge < -0.3 is 14.6 Å². The van der Waals surface area contributed by atoms with Gasteiger partial charge in [0.05, 0.1) is 12.2 Å². The molecule has 27 heavy (non-hydrogen) atoms. The van der Waals surface area contributed by atoms with Crippen LogP contribution >= 0.6 is 0 Å². The highest BCUT2D eigenvalue weighted by Gasteiger charge is 2.27. The number of nitrogens with zero attached hydrogens (tertiary/aromatic N) is 3. The Labute approximate surface area is 159 Å². The summed E-state index contributed by atoms with van der Waals surface area (Å²) >= 11 is 0. The van der Waals surface area contributed by atoms with Crippen LogP contribution in [-0.2, 0) is 6.42 Å². The number of nitrogens with one attached hydrogen (secondary N) is 1. The van der Waals surface area contributed by atoms with Crippen molar-refractivity contribution in [2.45, 2.75) is 26.2 Å². The quantitative estimate of drug-likeness (QED) is 0.722. The molecule has 1 aliphatic heterocycles. The molecule has 4 rings (SSSR count).